The van der Waals surface area contributed by atoms with Crippen molar-refractivity contribution < 1.29 is 186 Å². The Bertz CT molecular complexity index is 7050. The monoisotopic (exact) mass is 3020 g/mol. The molecule has 145 heavy (non-hydrogen) atoms. The van der Waals surface area contributed by atoms with Gasteiger partial charge in [0.1, 0.15) is 5.75 Å². The number of aliphatic hydroxyl groups excluding tert-OH is 2. The topological polar surface area (TPSA) is 187 Å². The molecule has 0 saturated heterocycles. The molecule has 8 heterocycles. The number of para-hydroxylation sites is 3. The summed E-state index contributed by atoms with van der Waals surface area (Å²) >= 11 is 0. The van der Waals surface area contributed by atoms with Gasteiger partial charge in [0, 0.05) is 289 Å². The Labute approximate surface area is 916 Å². The number of carbonyl (C=O) groups excluding carboxylic acids is 1. The number of aromatic hydroxyl groups is 1. The summed E-state index contributed by atoms with van der Waals surface area (Å²) in [6.45, 7) is 4.58. The number of pyridine rings is 8. The van der Waals surface area contributed by atoms with Gasteiger partial charge in [0.05, 0.1) is 12.4 Å². The van der Waals surface area contributed by atoms with Gasteiger partial charge in [-0.05, 0) is 145 Å². The van der Waals surface area contributed by atoms with Crippen LogP contribution in [0.5, 0.6) is 5.75 Å². The molecule has 0 atom stereocenters. The molecule has 19 rings (SSSR count). The van der Waals surface area contributed by atoms with E-state index in [0.717, 1.165) is 133 Å². The summed E-state index contributed by atoms with van der Waals surface area (Å²) < 4.78 is 130. The first-order valence-corrected chi connectivity index (χ1v) is 42.5. The number of allylic oxidation sites excluding steroid dienone is 2. The Kier molecular flexibility index (Phi) is 54.0. The van der Waals surface area contributed by atoms with Crippen LogP contribution in [0.25, 0.3) is 101 Å². The molecule has 8 aromatic heterocycles. The summed E-state index contributed by atoms with van der Waals surface area (Å²) in [6.07, 6.45) is 14.4. The number of aliphatic hydroxyl groups is 2. The fraction of sp³-hybridized carbons (Fsp3) is 0.0522. The Balaban J connectivity index is 0.000000290. The van der Waals surface area contributed by atoms with E-state index in [-0.39, 0.29) is 174 Å². The number of ketones is 1. The summed E-state index contributed by atoms with van der Waals surface area (Å²) in [5.74, 6) is -5.59. The molecule has 30 heteroatoms. The minimum Gasteiger partial charge on any atom is -0.512 e. The van der Waals surface area contributed by atoms with Crippen molar-refractivity contribution in [2.45, 2.75) is 27.4 Å². The predicted octanol–water partition coefficient (Wildman–Crippen LogP) is 27.7. The summed E-state index contributed by atoms with van der Waals surface area (Å²) in [5.41, 5.74) is 16.8. The van der Waals surface area contributed by atoms with Gasteiger partial charge in [-0.25, -0.2) is 0 Å². The number of halogens is 10. The summed E-state index contributed by atoms with van der Waals surface area (Å²) in [7, 11) is 3.76. The number of aryl methyl sites for hydroxylation is 1. The van der Waals surface area contributed by atoms with E-state index in [1.807, 2.05) is 208 Å². The van der Waals surface area contributed by atoms with Crippen molar-refractivity contribution in [1.82, 2.24) is 39.9 Å². The molecule has 19 aromatic rings. The first-order chi connectivity index (χ1) is 67.3. The third-order valence-electron chi connectivity index (χ3n) is 19.2. The van der Waals surface area contributed by atoms with Crippen molar-refractivity contribution in [1.29, 1.82) is 0 Å². The molecule has 751 valence electrons. The van der Waals surface area contributed by atoms with Crippen molar-refractivity contribution in [2.75, 3.05) is 23.9 Å². The second-order valence-electron chi connectivity index (χ2n) is 29.7. The number of phenols is 1. The van der Waals surface area contributed by atoms with Crippen LogP contribution in [0.4, 0.5) is 66.7 Å². The van der Waals surface area contributed by atoms with Crippen LogP contribution in [0.2, 0.25) is 0 Å². The molecule has 0 aliphatic rings. The summed E-state index contributed by atoms with van der Waals surface area (Å²) in [6, 6.07) is 116. The zero-order valence-corrected chi connectivity index (χ0v) is 91.5. The van der Waals surface area contributed by atoms with E-state index in [1.54, 1.807) is 98.0 Å². The molecule has 0 bridgehead atoms. The Hall–Kier alpha value is -13.6. The van der Waals surface area contributed by atoms with Crippen LogP contribution in [0.15, 0.2) is 401 Å². The molecule has 0 saturated carbocycles. The number of hydrogen-bond acceptors (Lipinski definition) is 14. The molecule has 3 N–H and O–H groups in total. The molecule has 0 aliphatic carbocycles. The standard InChI is InChI=1S/C23H16FN2.C16H11N2.C13H11F2N2.C12H8F2NO.C12H8F2N.C12H10O.C11H6F2N.C11H7FN.C5H8O2.5Ir.Pt/c24-19-13-11-18(12-14-19)23-17-22(15-16-25-23)26(20-7-3-1-4-8-20)21-9-5-2-6-10-21;1-3-10-17-15(8-1)13-6-5-7-14(12-13)16-9-2-4-11-18-16;1-17(2)10-5-6-16-13(8-10)11-4-3-9(14)7-12(11)15;13-9-1-2-10(11(14)6-9)12-5-8(7-16)3-4-15-12;1-8-4-5-15-12(6-8)10-3-2-9(13)7-11(10)14;13-12-9-5-4-8-11(12)10-6-2-1-3-7-10;12-8-4-5-9(10(13)7-8)11-3-1-2-6-14-11;12-10-6-4-9(5-7-10)11-3-1-2-8-13-11;1-4(6)3-5(2)7;;;;;;/h1-11,13-17H;1-11H;3,5-8H,1-2H3;1,3-6,16H,7H2;2,4-7H,1H3;1-9,13H;1-4,6-7H;1-4,6-8H;3,6H,1-2H3;;;;;;/q5*-1;;2*-1;;;;;;;. The minimum atomic E-state index is -0.720. The summed E-state index contributed by atoms with van der Waals surface area (Å²) in [5, 5.41) is 26.9. The quantitative estimate of drug-likeness (QED) is 0.0381. The molecule has 11 aromatic carbocycles. The van der Waals surface area contributed by atoms with Crippen LogP contribution in [0, 0.1) is 108 Å². The zero-order valence-electron chi connectivity index (χ0n) is 77.2. The first kappa shape index (κ1) is 122. The van der Waals surface area contributed by atoms with E-state index >= 15 is 0 Å². The second-order valence-corrected chi connectivity index (χ2v) is 29.7. The largest absolute Gasteiger partial charge is 0.512 e. The molecule has 5 radical (unpaired) electrons. The van der Waals surface area contributed by atoms with Crippen LogP contribution < -0.4 is 9.80 Å². The number of anilines is 4. The molecule has 0 amide bonds. The Morgan fingerprint density at radius 1 is 0.324 bits per heavy atom. The number of benzene rings is 11. The molecule has 14 nitrogen and oxygen atoms in total. The van der Waals surface area contributed by atoms with E-state index in [1.165, 1.54) is 56.5 Å². The van der Waals surface area contributed by atoms with Crippen LogP contribution in [-0.2, 0) is 133 Å². The molecule has 0 fully saturated rings. The van der Waals surface area contributed by atoms with Crippen LogP contribution in [0.3, 0.4) is 0 Å². The van der Waals surface area contributed by atoms with E-state index in [2.05, 4.69) is 112 Å². The van der Waals surface area contributed by atoms with E-state index in [0.29, 0.717) is 34.1 Å². The Morgan fingerprint density at radius 2 is 0.669 bits per heavy atom. The average Bonchev–Trinajstić information content (AvgIpc) is 0.795. The van der Waals surface area contributed by atoms with Crippen molar-refractivity contribution >= 4 is 28.5 Å². The van der Waals surface area contributed by atoms with Gasteiger partial charge in [0.15, 0.2) is 5.78 Å². The van der Waals surface area contributed by atoms with Crippen LogP contribution in [-0.4, -0.2) is 75.1 Å². The number of rotatable bonds is 15. The normalized spacial score (nSPS) is 9.89. The zero-order chi connectivity index (χ0) is 98.8. The maximum atomic E-state index is 13.5. The SMILES string of the molecule is CC(=O)C=C(C)O.CN(C)c1ccnc(-c2[c-]cc(F)cc2F)c1.Cc1ccnc(-c2[c-]cc(F)cc2F)c1.Fc1c[c-]c(-c2cc(N(c3ccccc3)c3ccccc3)ccn2)cc1.Fc1c[c-]c(-c2ccccn2)c(F)c1.Fc1c[c-]c(-c2ccccn2)cc1.OCc1ccnc(-c2[c-]cc(F)cc2F)c1.Oc1ccccc1-c1ccccc1.[Ir].[Ir].[Ir].[Ir].[Ir].[Pt].[c-]1c(-c2ccccn2)cccc1-c1ccccn1. The minimum absolute atomic E-state index is 0. The van der Waals surface area contributed by atoms with Gasteiger partial charge >= 0.3 is 0 Å². The van der Waals surface area contributed by atoms with Gasteiger partial charge < -0.3 is 55.0 Å². The van der Waals surface area contributed by atoms with Crippen LogP contribution >= 0.6 is 0 Å². The van der Waals surface area contributed by atoms with E-state index < -0.39 is 46.5 Å². The average molecular weight is 3020 g/mol. The van der Waals surface area contributed by atoms with Crippen LogP contribution in [0.1, 0.15) is 25.0 Å². The molecule has 0 aliphatic heterocycles. The van der Waals surface area contributed by atoms with Gasteiger partial charge in [-0.3, -0.25) is 58.7 Å². The first-order valence-electron chi connectivity index (χ1n) is 42.5. The summed E-state index contributed by atoms with van der Waals surface area (Å²) in [4.78, 5) is 47.2. The molecular formula is C115H85F10Ir5N10O4Pt-7. The number of aromatic nitrogens is 8. The molecular weight excluding hydrogens is 2930 g/mol. The predicted molar refractivity (Wildman–Crippen MR) is 523 cm³/mol. The van der Waals surface area contributed by atoms with Gasteiger partial charge in [0.25, 0.3) is 0 Å². The van der Waals surface area contributed by atoms with Gasteiger partial charge in [0.2, 0.25) is 0 Å². The smallest absolute Gasteiger partial charge is 0.155 e. The second kappa shape index (κ2) is 64.2. The van der Waals surface area contributed by atoms with Gasteiger partial charge in [-0.2, -0.15) is 0 Å². The van der Waals surface area contributed by atoms with Gasteiger partial charge in [-0.1, -0.05) is 221 Å². The van der Waals surface area contributed by atoms with Crippen molar-refractivity contribution in [3.63, 3.8) is 0 Å². The number of nitrogens with zero attached hydrogens (tertiary/aromatic N) is 10. The van der Waals surface area contributed by atoms with E-state index in [4.69, 9.17) is 10.2 Å². The maximum absolute atomic E-state index is 13.5. The third-order valence-corrected chi connectivity index (χ3v) is 19.2. The number of hydrogen-bond donors (Lipinski definition) is 3. The van der Waals surface area contributed by atoms with Crippen molar-refractivity contribution in [3.8, 4) is 107 Å². The van der Waals surface area contributed by atoms with Gasteiger partial charge in [-0.15, -0.1) is 132 Å². The fourth-order valence-corrected chi connectivity index (χ4v) is 12.7. The van der Waals surface area contributed by atoms with Crippen molar-refractivity contribution in [3.05, 3.63) is 513 Å². The third kappa shape index (κ3) is 39.5. The number of carbonyl (C=O) groups is 1. The Morgan fingerprint density at radius 3 is 1.05 bits per heavy atom. The number of phenolic OH excluding ortho intramolecular Hbond substituents is 1. The molecule has 0 unspecified atom stereocenters. The van der Waals surface area contributed by atoms with Crippen molar-refractivity contribution in [2.24, 2.45) is 0 Å². The maximum Gasteiger partial charge on any atom is 0.155 e. The van der Waals surface area contributed by atoms with E-state index in [9.17, 15) is 53.8 Å². The fourth-order valence-electron chi connectivity index (χ4n) is 12.7. The molecule has 0 spiro atoms.